The Morgan fingerprint density at radius 1 is 1.46 bits per heavy atom. The van der Waals surface area contributed by atoms with Gasteiger partial charge < -0.3 is 9.47 Å². The number of pyridine rings is 1. The van der Waals surface area contributed by atoms with Crippen molar-refractivity contribution in [3.8, 4) is 11.6 Å². The topological polar surface area (TPSA) is 48.4 Å². The van der Waals surface area contributed by atoms with Gasteiger partial charge in [-0.2, -0.15) is 0 Å². The molecule has 1 aromatic rings. The minimum atomic E-state index is 0.164. The molecule has 0 aliphatic rings. The van der Waals surface area contributed by atoms with E-state index in [1.807, 2.05) is 0 Å². The first-order chi connectivity index (χ1) is 6.24. The summed E-state index contributed by atoms with van der Waals surface area (Å²) in [5.74, 6) is 0.547. The molecule has 4 nitrogen and oxygen atoms in total. The van der Waals surface area contributed by atoms with E-state index in [-0.39, 0.29) is 16.5 Å². The summed E-state index contributed by atoms with van der Waals surface area (Å²) in [5, 5.41) is 0.164. The summed E-state index contributed by atoms with van der Waals surface area (Å²) in [6.07, 6.45) is 1.99. The van der Waals surface area contributed by atoms with Gasteiger partial charge in [-0.05, 0) is 0 Å². The van der Waals surface area contributed by atoms with Crippen LogP contribution in [0.4, 0.5) is 0 Å². The molecule has 0 atom stereocenters. The lowest BCUT2D eigenvalue weighted by molar-refractivity contribution is 0.112. The lowest BCUT2D eigenvalue weighted by Crippen LogP contribution is -1.96. The predicted molar refractivity (Wildman–Crippen MR) is 47.7 cm³/mol. The zero-order chi connectivity index (χ0) is 9.84. The van der Waals surface area contributed by atoms with Gasteiger partial charge in [0.1, 0.15) is 10.8 Å². The molecule has 0 aliphatic heterocycles. The zero-order valence-electron chi connectivity index (χ0n) is 7.20. The zero-order valence-corrected chi connectivity index (χ0v) is 7.96. The van der Waals surface area contributed by atoms with Crippen molar-refractivity contribution >= 4 is 17.9 Å². The third-order valence-electron chi connectivity index (χ3n) is 1.52. The van der Waals surface area contributed by atoms with Gasteiger partial charge in [-0.1, -0.05) is 11.6 Å². The Hall–Kier alpha value is -1.29. The molecule has 0 amide bonds. The van der Waals surface area contributed by atoms with Gasteiger partial charge in [-0.3, -0.25) is 4.79 Å². The van der Waals surface area contributed by atoms with Gasteiger partial charge in [0.05, 0.1) is 26.0 Å². The standard InChI is InChI=1S/C8H8ClNO3/c1-12-6-3-10-8(13-2)7(9)5(6)4-11/h3-4H,1-2H3. The van der Waals surface area contributed by atoms with E-state index in [1.165, 1.54) is 20.4 Å². The first-order valence-corrected chi connectivity index (χ1v) is 3.84. The highest BCUT2D eigenvalue weighted by Gasteiger charge is 2.13. The molecular weight excluding hydrogens is 194 g/mol. The number of carbonyl (C=O) groups is 1. The molecule has 1 rings (SSSR count). The van der Waals surface area contributed by atoms with E-state index in [9.17, 15) is 4.79 Å². The van der Waals surface area contributed by atoms with Crippen molar-refractivity contribution < 1.29 is 14.3 Å². The highest BCUT2D eigenvalue weighted by atomic mass is 35.5. The van der Waals surface area contributed by atoms with Crippen molar-refractivity contribution in [2.24, 2.45) is 0 Å². The normalized spacial score (nSPS) is 9.46. The molecule has 0 aromatic carbocycles. The fourth-order valence-corrected chi connectivity index (χ4v) is 1.15. The molecule has 0 N–H and O–H groups in total. The number of halogens is 1. The van der Waals surface area contributed by atoms with E-state index in [4.69, 9.17) is 21.1 Å². The van der Waals surface area contributed by atoms with Gasteiger partial charge in [0.25, 0.3) is 0 Å². The van der Waals surface area contributed by atoms with Crippen LogP contribution in [0.25, 0.3) is 0 Å². The van der Waals surface area contributed by atoms with Crippen molar-refractivity contribution in [2.75, 3.05) is 14.2 Å². The average Bonchev–Trinajstić information content (AvgIpc) is 2.17. The third-order valence-corrected chi connectivity index (χ3v) is 1.89. The Labute approximate surface area is 80.4 Å². The Balaban J connectivity index is 3.31. The summed E-state index contributed by atoms with van der Waals surface area (Å²) in [6.45, 7) is 0. The Morgan fingerprint density at radius 3 is 2.62 bits per heavy atom. The quantitative estimate of drug-likeness (QED) is 0.697. The van der Waals surface area contributed by atoms with E-state index in [1.54, 1.807) is 0 Å². The van der Waals surface area contributed by atoms with Crippen molar-refractivity contribution in [1.82, 2.24) is 4.98 Å². The molecule has 0 saturated carbocycles. The van der Waals surface area contributed by atoms with E-state index in [0.717, 1.165) is 0 Å². The van der Waals surface area contributed by atoms with Crippen molar-refractivity contribution in [3.63, 3.8) is 0 Å². The van der Waals surface area contributed by atoms with Crippen LogP contribution in [0, 0.1) is 0 Å². The third kappa shape index (κ3) is 1.72. The lowest BCUT2D eigenvalue weighted by Gasteiger charge is -2.07. The van der Waals surface area contributed by atoms with E-state index in [0.29, 0.717) is 12.0 Å². The Bertz CT molecular complexity index is 327. The number of nitrogens with zero attached hydrogens (tertiary/aromatic N) is 1. The van der Waals surface area contributed by atoms with E-state index >= 15 is 0 Å². The largest absolute Gasteiger partial charge is 0.494 e. The van der Waals surface area contributed by atoms with Gasteiger partial charge in [0, 0.05) is 0 Å². The first kappa shape index (κ1) is 9.80. The van der Waals surface area contributed by atoms with Gasteiger partial charge in [-0.25, -0.2) is 4.98 Å². The molecule has 0 saturated heterocycles. The maximum Gasteiger partial charge on any atom is 0.233 e. The van der Waals surface area contributed by atoms with Crippen LogP contribution in [-0.2, 0) is 0 Å². The van der Waals surface area contributed by atoms with Crippen LogP contribution in [-0.4, -0.2) is 25.5 Å². The maximum atomic E-state index is 10.6. The van der Waals surface area contributed by atoms with Crippen molar-refractivity contribution in [2.45, 2.75) is 0 Å². The molecule has 0 radical (unpaired) electrons. The molecule has 0 unspecified atom stereocenters. The molecule has 13 heavy (non-hydrogen) atoms. The fourth-order valence-electron chi connectivity index (χ4n) is 0.882. The highest BCUT2D eigenvalue weighted by molar-refractivity contribution is 6.34. The molecule has 1 aromatic heterocycles. The first-order valence-electron chi connectivity index (χ1n) is 3.46. The number of carbonyl (C=O) groups excluding carboxylic acids is 1. The Morgan fingerprint density at radius 2 is 2.15 bits per heavy atom. The molecular formula is C8H8ClNO3. The maximum absolute atomic E-state index is 10.6. The van der Waals surface area contributed by atoms with Crippen LogP contribution in [0.1, 0.15) is 10.4 Å². The number of rotatable bonds is 3. The van der Waals surface area contributed by atoms with Gasteiger partial charge in [0.15, 0.2) is 6.29 Å². The minimum Gasteiger partial charge on any atom is -0.494 e. The van der Waals surface area contributed by atoms with Gasteiger partial charge in [0.2, 0.25) is 5.88 Å². The predicted octanol–water partition coefficient (Wildman–Crippen LogP) is 1.56. The number of ether oxygens (including phenoxy) is 2. The van der Waals surface area contributed by atoms with Gasteiger partial charge in [-0.15, -0.1) is 0 Å². The SMILES string of the molecule is COc1cnc(OC)c(Cl)c1C=O. The molecule has 5 heteroatoms. The minimum absolute atomic E-state index is 0.164. The smallest absolute Gasteiger partial charge is 0.233 e. The average molecular weight is 202 g/mol. The number of hydrogen-bond acceptors (Lipinski definition) is 4. The van der Waals surface area contributed by atoms with Crippen LogP contribution in [0.15, 0.2) is 6.20 Å². The molecule has 0 aliphatic carbocycles. The number of aromatic nitrogens is 1. The fraction of sp³-hybridized carbons (Fsp3) is 0.250. The number of hydrogen-bond donors (Lipinski definition) is 0. The second-order valence-electron chi connectivity index (χ2n) is 2.18. The summed E-state index contributed by atoms with van der Waals surface area (Å²) in [6, 6.07) is 0. The van der Waals surface area contributed by atoms with E-state index < -0.39 is 0 Å². The number of aldehydes is 1. The van der Waals surface area contributed by atoms with Crippen LogP contribution in [0.2, 0.25) is 5.02 Å². The van der Waals surface area contributed by atoms with Gasteiger partial charge >= 0.3 is 0 Å². The summed E-state index contributed by atoms with van der Waals surface area (Å²) in [5.41, 5.74) is 0.246. The molecule has 0 fully saturated rings. The summed E-state index contributed by atoms with van der Waals surface area (Å²) in [7, 11) is 2.86. The monoisotopic (exact) mass is 201 g/mol. The Kier molecular flexibility index (Phi) is 3.08. The summed E-state index contributed by atoms with van der Waals surface area (Å²) < 4.78 is 9.71. The van der Waals surface area contributed by atoms with Crippen LogP contribution in [0.5, 0.6) is 11.6 Å². The summed E-state index contributed by atoms with van der Waals surface area (Å²) >= 11 is 5.79. The molecule has 1 heterocycles. The van der Waals surface area contributed by atoms with Crippen LogP contribution < -0.4 is 9.47 Å². The van der Waals surface area contributed by atoms with E-state index in [2.05, 4.69) is 4.98 Å². The molecule has 70 valence electrons. The lowest BCUT2D eigenvalue weighted by atomic mass is 10.2. The highest BCUT2D eigenvalue weighted by Crippen LogP contribution is 2.30. The van der Waals surface area contributed by atoms with Crippen LogP contribution in [0.3, 0.4) is 0 Å². The van der Waals surface area contributed by atoms with Crippen molar-refractivity contribution in [3.05, 3.63) is 16.8 Å². The van der Waals surface area contributed by atoms with Crippen molar-refractivity contribution in [1.29, 1.82) is 0 Å². The second-order valence-corrected chi connectivity index (χ2v) is 2.56. The summed E-state index contributed by atoms with van der Waals surface area (Å²) in [4.78, 5) is 14.5. The molecule has 0 bridgehead atoms. The molecule has 0 spiro atoms. The van der Waals surface area contributed by atoms with Crippen LogP contribution >= 0.6 is 11.6 Å². The number of methoxy groups -OCH3 is 2. The second kappa shape index (κ2) is 4.09.